The number of hydrogen-bond acceptors (Lipinski definition) is 3. The fraction of sp³-hybridized carbons (Fsp3) is 0.625. The number of ether oxygens (including phenoxy) is 2. The second-order valence-electron chi connectivity index (χ2n) is 5.63. The van der Waals surface area contributed by atoms with Crippen molar-refractivity contribution in [3.63, 3.8) is 0 Å². The minimum Gasteiger partial charge on any atom is -0.493 e. The molecule has 1 rings (SSSR count). The molecule has 0 aromatic heterocycles. The van der Waals surface area contributed by atoms with Crippen molar-refractivity contribution in [2.75, 3.05) is 21.3 Å². The van der Waals surface area contributed by atoms with Crippen LogP contribution >= 0.6 is 0 Å². The molecule has 1 aromatic rings. The Labute approximate surface area is 117 Å². The molecule has 0 aliphatic carbocycles. The first-order valence-electron chi connectivity index (χ1n) is 6.81. The molecular weight excluding hydrogens is 238 g/mol. The van der Waals surface area contributed by atoms with E-state index in [-0.39, 0.29) is 11.5 Å². The lowest BCUT2D eigenvalue weighted by Gasteiger charge is -2.35. The van der Waals surface area contributed by atoms with Crippen LogP contribution in [0.2, 0.25) is 0 Å². The van der Waals surface area contributed by atoms with Crippen molar-refractivity contribution in [2.45, 2.75) is 40.2 Å². The van der Waals surface area contributed by atoms with E-state index in [9.17, 15) is 0 Å². The van der Waals surface area contributed by atoms with Crippen LogP contribution in [0.1, 0.15) is 44.4 Å². The van der Waals surface area contributed by atoms with Crippen LogP contribution in [0.25, 0.3) is 0 Å². The van der Waals surface area contributed by atoms with Gasteiger partial charge in [-0.05, 0) is 49.1 Å². The van der Waals surface area contributed by atoms with E-state index in [2.05, 4.69) is 39.1 Å². The highest BCUT2D eigenvalue weighted by atomic mass is 16.5. The van der Waals surface area contributed by atoms with E-state index in [0.29, 0.717) is 0 Å². The van der Waals surface area contributed by atoms with Gasteiger partial charge in [-0.1, -0.05) is 20.8 Å². The van der Waals surface area contributed by atoms with Crippen molar-refractivity contribution >= 4 is 0 Å². The molecule has 108 valence electrons. The van der Waals surface area contributed by atoms with Gasteiger partial charge in [-0.3, -0.25) is 0 Å². The maximum Gasteiger partial charge on any atom is 0.161 e. The van der Waals surface area contributed by atoms with Crippen LogP contribution in [0.3, 0.4) is 0 Å². The van der Waals surface area contributed by atoms with E-state index in [4.69, 9.17) is 9.47 Å². The molecule has 0 heterocycles. The summed E-state index contributed by atoms with van der Waals surface area (Å²) in [6, 6.07) is 4.43. The quantitative estimate of drug-likeness (QED) is 0.850. The zero-order valence-electron chi connectivity index (χ0n) is 13.3. The first-order valence-corrected chi connectivity index (χ1v) is 6.81. The average molecular weight is 265 g/mol. The molecule has 0 aliphatic rings. The highest BCUT2D eigenvalue weighted by molar-refractivity contribution is 5.48. The van der Waals surface area contributed by atoms with Crippen LogP contribution in [-0.4, -0.2) is 21.3 Å². The Morgan fingerprint density at radius 1 is 1.16 bits per heavy atom. The van der Waals surface area contributed by atoms with Crippen LogP contribution in [0.15, 0.2) is 12.1 Å². The molecule has 0 saturated heterocycles. The minimum atomic E-state index is 0.180. The van der Waals surface area contributed by atoms with Gasteiger partial charge in [-0.2, -0.15) is 0 Å². The first-order chi connectivity index (χ1) is 8.91. The second-order valence-corrected chi connectivity index (χ2v) is 5.63. The van der Waals surface area contributed by atoms with Crippen LogP contribution in [0, 0.1) is 12.3 Å². The van der Waals surface area contributed by atoms with Crippen LogP contribution in [0.4, 0.5) is 0 Å². The number of hydrogen-bond donors (Lipinski definition) is 1. The smallest absolute Gasteiger partial charge is 0.161 e. The Morgan fingerprint density at radius 2 is 1.68 bits per heavy atom. The van der Waals surface area contributed by atoms with Crippen LogP contribution in [0.5, 0.6) is 11.5 Å². The van der Waals surface area contributed by atoms with Gasteiger partial charge >= 0.3 is 0 Å². The monoisotopic (exact) mass is 265 g/mol. The lowest BCUT2D eigenvalue weighted by Crippen LogP contribution is -2.32. The SMILES string of the molecule is CCC(C)(C)C(NC)c1cc(OC)c(OC)cc1C. The molecule has 3 nitrogen and oxygen atoms in total. The zero-order valence-corrected chi connectivity index (χ0v) is 13.3. The fourth-order valence-corrected chi connectivity index (χ4v) is 2.48. The highest BCUT2D eigenvalue weighted by Gasteiger charge is 2.29. The van der Waals surface area contributed by atoms with Crippen molar-refractivity contribution in [1.82, 2.24) is 5.32 Å². The van der Waals surface area contributed by atoms with Gasteiger partial charge in [0.1, 0.15) is 0 Å². The molecule has 1 N–H and O–H groups in total. The van der Waals surface area contributed by atoms with Crippen LogP contribution < -0.4 is 14.8 Å². The summed E-state index contributed by atoms with van der Waals surface area (Å²) in [5.74, 6) is 1.57. The predicted octanol–water partition coefficient (Wildman–Crippen LogP) is 3.71. The highest BCUT2D eigenvalue weighted by Crippen LogP contribution is 2.41. The van der Waals surface area contributed by atoms with Crippen LogP contribution in [-0.2, 0) is 0 Å². The summed E-state index contributed by atoms with van der Waals surface area (Å²) in [6.45, 7) is 8.91. The van der Waals surface area contributed by atoms with Gasteiger partial charge in [0.05, 0.1) is 14.2 Å². The Hall–Kier alpha value is -1.22. The molecule has 0 aliphatic heterocycles. The van der Waals surface area contributed by atoms with Crippen molar-refractivity contribution < 1.29 is 9.47 Å². The third-order valence-electron chi connectivity index (χ3n) is 4.06. The number of nitrogens with one attached hydrogen (secondary N) is 1. The molecular formula is C16H27NO2. The van der Waals surface area contributed by atoms with Gasteiger partial charge in [0, 0.05) is 6.04 Å². The van der Waals surface area contributed by atoms with Gasteiger partial charge < -0.3 is 14.8 Å². The van der Waals surface area contributed by atoms with E-state index in [1.54, 1.807) is 14.2 Å². The Morgan fingerprint density at radius 3 is 2.11 bits per heavy atom. The lowest BCUT2D eigenvalue weighted by atomic mass is 9.77. The summed E-state index contributed by atoms with van der Waals surface area (Å²) in [5, 5.41) is 3.44. The molecule has 1 unspecified atom stereocenters. The van der Waals surface area contributed by atoms with E-state index >= 15 is 0 Å². The Balaban J connectivity index is 3.32. The molecule has 0 bridgehead atoms. The normalized spacial score (nSPS) is 13.2. The Kier molecular flexibility index (Phi) is 5.24. The molecule has 0 radical (unpaired) electrons. The minimum absolute atomic E-state index is 0.180. The van der Waals surface area contributed by atoms with E-state index < -0.39 is 0 Å². The summed E-state index contributed by atoms with van der Waals surface area (Å²) < 4.78 is 10.8. The summed E-state index contributed by atoms with van der Waals surface area (Å²) in [4.78, 5) is 0. The number of methoxy groups -OCH3 is 2. The standard InChI is InChI=1S/C16H27NO2/c1-8-16(3,4)15(17-5)12-10-14(19-7)13(18-6)9-11(12)2/h9-10,15,17H,8H2,1-7H3. The van der Waals surface area contributed by atoms with Gasteiger partial charge in [0.25, 0.3) is 0 Å². The maximum absolute atomic E-state index is 5.42. The Bertz CT molecular complexity index is 427. The van der Waals surface area contributed by atoms with Gasteiger partial charge in [0.15, 0.2) is 11.5 Å². The number of rotatable bonds is 6. The summed E-state index contributed by atoms with van der Waals surface area (Å²) >= 11 is 0. The average Bonchev–Trinajstić information content (AvgIpc) is 2.40. The molecule has 1 aromatic carbocycles. The van der Waals surface area contributed by atoms with Crippen molar-refractivity contribution in [3.05, 3.63) is 23.3 Å². The van der Waals surface area contributed by atoms with Crippen molar-refractivity contribution in [1.29, 1.82) is 0 Å². The fourth-order valence-electron chi connectivity index (χ4n) is 2.48. The largest absolute Gasteiger partial charge is 0.493 e. The predicted molar refractivity (Wildman–Crippen MR) is 80.2 cm³/mol. The molecule has 0 fully saturated rings. The molecule has 1 atom stereocenters. The van der Waals surface area contributed by atoms with E-state index in [0.717, 1.165) is 17.9 Å². The lowest BCUT2D eigenvalue weighted by molar-refractivity contribution is 0.243. The summed E-state index contributed by atoms with van der Waals surface area (Å²) in [7, 11) is 5.36. The third kappa shape index (κ3) is 3.21. The topological polar surface area (TPSA) is 30.5 Å². The number of benzene rings is 1. The molecule has 0 saturated carbocycles. The van der Waals surface area contributed by atoms with Gasteiger partial charge in [-0.25, -0.2) is 0 Å². The molecule has 3 heteroatoms. The van der Waals surface area contributed by atoms with Gasteiger partial charge in [0.2, 0.25) is 0 Å². The third-order valence-corrected chi connectivity index (χ3v) is 4.06. The van der Waals surface area contributed by atoms with E-state index in [1.807, 2.05) is 13.1 Å². The molecule has 0 amide bonds. The molecule has 19 heavy (non-hydrogen) atoms. The summed E-state index contributed by atoms with van der Waals surface area (Å²) in [6.07, 6.45) is 1.10. The van der Waals surface area contributed by atoms with Crippen molar-refractivity contribution in [3.8, 4) is 11.5 Å². The molecule has 0 spiro atoms. The maximum atomic E-state index is 5.42. The number of aryl methyl sites for hydroxylation is 1. The summed E-state index contributed by atoms with van der Waals surface area (Å²) in [5.41, 5.74) is 2.67. The van der Waals surface area contributed by atoms with Crippen molar-refractivity contribution in [2.24, 2.45) is 5.41 Å². The first kappa shape index (κ1) is 15.8. The zero-order chi connectivity index (χ0) is 14.6. The van der Waals surface area contributed by atoms with E-state index in [1.165, 1.54) is 11.1 Å². The second kappa shape index (κ2) is 6.29. The van der Waals surface area contributed by atoms with Gasteiger partial charge in [-0.15, -0.1) is 0 Å².